The number of carbonyl (C=O) groups is 5. The summed E-state index contributed by atoms with van der Waals surface area (Å²) < 4.78 is 28.5. The van der Waals surface area contributed by atoms with Crippen LogP contribution in [0, 0.1) is 20.2 Å². The Bertz CT molecular complexity index is 2520. The van der Waals surface area contributed by atoms with E-state index in [1.165, 1.54) is 19.1 Å². The number of benzene rings is 4. The van der Waals surface area contributed by atoms with E-state index in [-0.39, 0.29) is 40.9 Å². The SMILES string of the molecule is CC[C@@]1(O)C[C@H](O[C@H]2C[C@H](OC(=O)c3ccc([N+](=O)[O-])cc3)[C@@H](COC(=O)c3ccc([N+](=O)[O-])cc3)O2)c2c(O)c3c(c(O)c2[C@H]1C(=O)OC)C(=O)c1cccc(O)c1C3=O. The molecule has 1 aliphatic heterocycles. The van der Waals surface area contributed by atoms with Crippen LogP contribution in [0.1, 0.15) is 102 Å². The third-order valence-electron chi connectivity index (χ3n) is 11.0. The fourth-order valence-corrected chi connectivity index (χ4v) is 7.88. The van der Waals surface area contributed by atoms with Crippen LogP contribution in [0.15, 0.2) is 66.7 Å². The Hall–Kier alpha value is -7.29. The predicted octanol–water partition coefficient (Wildman–Crippen LogP) is 4.45. The Morgan fingerprint density at radius 3 is 1.97 bits per heavy atom. The zero-order valence-corrected chi connectivity index (χ0v) is 32.0. The fourth-order valence-electron chi connectivity index (χ4n) is 7.88. The average Bonchev–Trinajstić information content (AvgIpc) is 3.62. The van der Waals surface area contributed by atoms with Crippen LogP contribution in [-0.2, 0) is 28.5 Å². The summed E-state index contributed by atoms with van der Waals surface area (Å²) in [7, 11) is 1.02. The number of non-ortho nitro benzene ring substituents is 2. The summed E-state index contributed by atoms with van der Waals surface area (Å²) in [5, 5.41) is 68.7. The van der Waals surface area contributed by atoms with Crippen LogP contribution in [0.3, 0.4) is 0 Å². The molecule has 4 aromatic carbocycles. The first-order valence-electron chi connectivity index (χ1n) is 18.5. The van der Waals surface area contributed by atoms with Crippen molar-refractivity contribution in [1.82, 2.24) is 0 Å². The van der Waals surface area contributed by atoms with Gasteiger partial charge < -0.3 is 44.1 Å². The maximum absolute atomic E-state index is 13.9. The summed E-state index contributed by atoms with van der Waals surface area (Å²) >= 11 is 0. The Balaban J connectivity index is 1.25. The molecule has 3 aliphatic rings. The van der Waals surface area contributed by atoms with Crippen molar-refractivity contribution in [3.05, 3.63) is 131 Å². The molecule has 7 rings (SSSR count). The van der Waals surface area contributed by atoms with Gasteiger partial charge in [0.15, 0.2) is 12.1 Å². The van der Waals surface area contributed by atoms with Crippen LogP contribution < -0.4 is 0 Å². The van der Waals surface area contributed by atoms with Crippen molar-refractivity contribution in [1.29, 1.82) is 0 Å². The highest BCUT2D eigenvalue weighted by atomic mass is 16.7. The van der Waals surface area contributed by atoms with Crippen molar-refractivity contribution in [3.8, 4) is 17.2 Å². The van der Waals surface area contributed by atoms with E-state index in [2.05, 4.69) is 0 Å². The van der Waals surface area contributed by atoms with Crippen molar-refractivity contribution in [2.24, 2.45) is 0 Å². The van der Waals surface area contributed by atoms with E-state index in [1.807, 2.05) is 0 Å². The van der Waals surface area contributed by atoms with Crippen LogP contribution >= 0.6 is 0 Å². The third kappa shape index (κ3) is 7.36. The predicted molar refractivity (Wildman–Crippen MR) is 202 cm³/mol. The Morgan fingerprint density at radius 1 is 0.820 bits per heavy atom. The smallest absolute Gasteiger partial charge is 0.338 e. The fraction of sp³-hybridized carbons (Fsp3) is 0.293. The summed E-state index contributed by atoms with van der Waals surface area (Å²) in [6.07, 6.45) is -6.61. The Morgan fingerprint density at radius 2 is 1.39 bits per heavy atom. The molecular weight excluding hydrogens is 808 g/mol. The molecule has 6 atom stereocenters. The number of fused-ring (bicyclic) bond motifs is 3. The van der Waals surface area contributed by atoms with Crippen molar-refractivity contribution in [3.63, 3.8) is 0 Å². The highest BCUT2D eigenvalue weighted by molar-refractivity contribution is 6.31. The topological polar surface area (TPSA) is 299 Å². The third-order valence-corrected chi connectivity index (χ3v) is 11.0. The maximum atomic E-state index is 13.9. The lowest BCUT2D eigenvalue weighted by atomic mass is 9.66. The van der Waals surface area contributed by atoms with Crippen LogP contribution in [0.25, 0.3) is 0 Å². The molecular formula is C41H34N2O18. The zero-order chi connectivity index (χ0) is 44.1. The average molecular weight is 843 g/mol. The number of hydrogen-bond acceptors (Lipinski definition) is 18. The van der Waals surface area contributed by atoms with Crippen molar-refractivity contribution >= 4 is 40.8 Å². The van der Waals surface area contributed by atoms with Gasteiger partial charge >= 0.3 is 17.9 Å². The van der Waals surface area contributed by atoms with Gasteiger partial charge in [-0.1, -0.05) is 19.1 Å². The van der Waals surface area contributed by atoms with E-state index in [0.29, 0.717) is 0 Å². The highest BCUT2D eigenvalue weighted by Crippen LogP contribution is 2.57. The van der Waals surface area contributed by atoms with Gasteiger partial charge in [-0.2, -0.15) is 0 Å². The minimum atomic E-state index is -2.10. The first-order chi connectivity index (χ1) is 29.0. The van der Waals surface area contributed by atoms with Gasteiger partial charge in [0.1, 0.15) is 42.0 Å². The number of nitro groups is 2. The van der Waals surface area contributed by atoms with Gasteiger partial charge in [0.2, 0.25) is 5.78 Å². The molecule has 0 amide bonds. The molecule has 0 aromatic heterocycles. The van der Waals surface area contributed by atoms with Crippen LogP contribution in [0.5, 0.6) is 17.2 Å². The molecule has 0 unspecified atom stereocenters. The molecule has 0 spiro atoms. The lowest BCUT2D eigenvalue weighted by Gasteiger charge is -2.44. The molecule has 0 saturated carbocycles. The number of phenols is 3. The summed E-state index contributed by atoms with van der Waals surface area (Å²) in [5.74, 6) is -9.20. The first kappa shape index (κ1) is 41.9. The molecule has 1 heterocycles. The molecule has 4 N–H and O–H groups in total. The first-order valence-corrected chi connectivity index (χ1v) is 18.5. The highest BCUT2D eigenvalue weighted by Gasteiger charge is 2.55. The number of methoxy groups -OCH3 is 1. The molecule has 1 fully saturated rings. The van der Waals surface area contributed by atoms with E-state index in [4.69, 9.17) is 23.7 Å². The van der Waals surface area contributed by atoms with Gasteiger partial charge in [0.25, 0.3) is 11.4 Å². The van der Waals surface area contributed by atoms with Crippen molar-refractivity contribution in [2.75, 3.05) is 13.7 Å². The number of carbonyl (C=O) groups excluding carboxylic acids is 5. The van der Waals surface area contributed by atoms with Crippen LogP contribution in [0.2, 0.25) is 0 Å². The Kier molecular flexibility index (Phi) is 11.0. The molecule has 0 radical (unpaired) electrons. The Labute approximate surface area is 343 Å². The van der Waals surface area contributed by atoms with Gasteiger partial charge in [-0.3, -0.25) is 34.6 Å². The van der Waals surface area contributed by atoms with Crippen LogP contribution in [0.4, 0.5) is 11.4 Å². The molecule has 0 bridgehead atoms. The minimum Gasteiger partial charge on any atom is -0.507 e. The van der Waals surface area contributed by atoms with Gasteiger partial charge in [-0.25, -0.2) is 9.59 Å². The van der Waals surface area contributed by atoms with E-state index < -0.39 is 134 Å². The number of aliphatic hydroxyl groups is 1. The van der Waals surface area contributed by atoms with Gasteiger partial charge in [-0.05, 0) is 36.8 Å². The molecule has 20 nitrogen and oxygen atoms in total. The van der Waals surface area contributed by atoms with E-state index >= 15 is 0 Å². The lowest BCUT2D eigenvalue weighted by molar-refractivity contribution is -0.385. The number of rotatable bonds is 11. The second kappa shape index (κ2) is 16.0. The minimum absolute atomic E-state index is 0.0729. The molecule has 20 heteroatoms. The molecule has 316 valence electrons. The number of aromatic hydroxyl groups is 3. The number of phenolic OH excluding ortho intramolecular Hbond substituents is 3. The number of hydrogen-bond donors (Lipinski definition) is 4. The van der Waals surface area contributed by atoms with Crippen molar-refractivity contribution in [2.45, 2.75) is 62.3 Å². The lowest BCUT2D eigenvalue weighted by Crippen LogP contribution is -2.47. The van der Waals surface area contributed by atoms with E-state index in [0.717, 1.165) is 61.7 Å². The van der Waals surface area contributed by atoms with Crippen molar-refractivity contribution < 1.29 is 77.9 Å². The zero-order valence-electron chi connectivity index (χ0n) is 32.0. The van der Waals surface area contributed by atoms with Crippen LogP contribution in [-0.4, -0.2) is 97.6 Å². The standard InChI is InChI=1S/C41H34N2O18/c1-3-41(52)16-25(29-30(33(41)40(51)57-2)37(48)31-32(36(29)47)35(46)28-22(34(31)45)5-4-6-23(28)44)59-27-15-24(61-39(50)19-9-13-21(14-10-19)43(55)56)26(60-27)17-58-38(49)18-7-11-20(12-8-18)42(53)54/h4-14,24-27,33,44,47-48,52H,3,15-17H2,1-2H3/t24-,25-,26+,27+,33-,41+/m0/s1. The number of ketones is 2. The summed E-state index contributed by atoms with van der Waals surface area (Å²) in [6, 6.07) is 12.6. The number of ether oxygens (including phenoxy) is 5. The molecule has 4 aromatic rings. The molecule has 61 heavy (non-hydrogen) atoms. The normalized spacial score (nSPS) is 22.6. The molecule has 1 saturated heterocycles. The maximum Gasteiger partial charge on any atom is 0.338 e. The van der Waals surface area contributed by atoms with Gasteiger partial charge in [-0.15, -0.1) is 0 Å². The van der Waals surface area contributed by atoms with Gasteiger partial charge in [0.05, 0.1) is 56.5 Å². The summed E-state index contributed by atoms with van der Waals surface area (Å²) in [4.78, 5) is 88.4. The summed E-state index contributed by atoms with van der Waals surface area (Å²) in [6.45, 7) is 0.910. The van der Waals surface area contributed by atoms with E-state index in [1.54, 1.807) is 0 Å². The second-order valence-electron chi connectivity index (χ2n) is 14.4. The monoisotopic (exact) mass is 842 g/mol. The quantitative estimate of drug-likeness (QED) is 0.0469. The largest absolute Gasteiger partial charge is 0.507 e. The number of esters is 3. The van der Waals surface area contributed by atoms with E-state index in [9.17, 15) is 64.6 Å². The number of nitrogens with zero attached hydrogens (tertiary/aromatic N) is 2. The second-order valence-corrected chi connectivity index (χ2v) is 14.4. The number of nitro benzene ring substituents is 2. The van der Waals surface area contributed by atoms with Gasteiger partial charge in [0, 0.05) is 53.8 Å². The molecule has 2 aliphatic carbocycles. The summed E-state index contributed by atoms with van der Waals surface area (Å²) in [5.41, 5.74) is -5.92.